The summed E-state index contributed by atoms with van der Waals surface area (Å²) >= 11 is 4.01. The summed E-state index contributed by atoms with van der Waals surface area (Å²) in [7, 11) is 0. The zero-order valence-corrected chi connectivity index (χ0v) is 20.7. The van der Waals surface area contributed by atoms with Crippen molar-refractivity contribution in [2.45, 2.75) is 12.5 Å². The first-order valence-electron chi connectivity index (χ1n) is 5.07. The summed E-state index contributed by atoms with van der Waals surface area (Å²) in [6.07, 6.45) is -1.67. The first kappa shape index (κ1) is 32.1. The van der Waals surface area contributed by atoms with E-state index in [4.69, 9.17) is 5.73 Å². The van der Waals surface area contributed by atoms with Crippen molar-refractivity contribution in [3.63, 3.8) is 0 Å². The zero-order valence-electron chi connectivity index (χ0n) is 13.0. The molecule has 0 aromatic carbocycles. The first-order valence-corrected chi connectivity index (χ1v) is 7.90. The van der Waals surface area contributed by atoms with Gasteiger partial charge in [0.15, 0.2) is 0 Å². The number of hydrogen-bond donors (Lipinski definition) is 3. The van der Waals surface area contributed by atoms with Crippen molar-refractivity contribution in [1.82, 2.24) is 10.6 Å². The molecule has 4 N–H and O–H groups in total. The van der Waals surface area contributed by atoms with Gasteiger partial charge in [-0.2, -0.15) is 0 Å². The third-order valence-electron chi connectivity index (χ3n) is 1.80. The standard InChI is InChI=1S/C8H14N3O7PS.3Na/c9-5(12)1-4(8(16)10-2-7(14)15)11-6(13)3-19(17,18)20;;;/h4H,1-3H2,(H2,9,12)(H,10,16)(H,11,13)(H,14,15)(H2,17,18,20);;;/q;3*+1/p-3. The monoisotopic (exact) mass is 393 g/mol. The Balaban J connectivity index is -0.000000602. The van der Waals surface area contributed by atoms with Crippen LogP contribution in [0, 0.1) is 0 Å². The van der Waals surface area contributed by atoms with Crippen molar-refractivity contribution in [2.75, 3.05) is 12.7 Å². The van der Waals surface area contributed by atoms with Gasteiger partial charge in [0.2, 0.25) is 17.7 Å². The van der Waals surface area contributed by atoms with Gasteiger partial charge in [-0.25, -0.2) is 6.49 Å². The van der Waals surface area contributed by atoms with E-state index in [1.807, 2.05) is 10.6 Å². The molecule has 114 valence electrons. The molecule has 0 bridgehead atoms. The molecule has 15 heteroatoms. The fraction of sp³-hybridized carbons (Fsp3) is 0.500. The zero-order chi connectivity index (χ0) is 15.9. The summed E-state index contributed by atoms with van der Waals surface area (Å²) in [5.74, 6) is -4.67. The van der Waals surface area contributed by atoms with Gasteiger partial charge in [0, 0.05) is 6.16 Å². The predicted molar refractivity (Wildman–Crippen MR) is 62.9 cm³/mol. The SMILES string of the molecule is NC(=O)CC(NC(=O)CP([O-])([O-])=S)C(=O)NCC(=O)[O-].[Na+].[Na+].[Na+]. The normalized spacial score (nSPS) is 10.7. The smallest absolute Gasteiger partial charge is 0.832 e. The maximum Gasteiger partial charge on any atom is 1.00 e. The van der Waals surface area contributed by atoms with Crippen molar-refractivity contribution >= 4 is 42.0 Å². The molecule has 1 atom stereocenters. The van der Waals surface area contributed by atoms with Crippen LogP contribution in [0.4, 0.5) is 0 Å². The Morgan fingerprint density at radius 3 is 1.96 bits per heavy atom. The Bertz CT molecular complexity index is 476. The third-order valence-corrected chi connectivity index (χ3v) is 2.86. The van der Waals surface area contributed by atoms with Gasteiger partial charge in [-0.1, -0.05) is 0 Å². The van der Waals surface area contributed by atoms with Crippen LogP contribution in [0.1, 0.15) is 6.42 Å². The van der Waals surface area contributed by atoms with Crippen molar-refractivity contribution < 1.29 is 123 Å². The fourth-order valence-electron chi connectivity index (χ4n) is 1.11. The third kappa shape index (κ3) is 19.6. The topological polar surface area (TPSA) is 188 Å². The molecule has 0 fully saturated rings. The van der Waals surface area contributed by atoms with E-state index >= 15 is 0 Å². The van der Waals surface area contributed by atoms with Gasteiger partial charge in [0.05, 0.1) is 18.9 Å². The molecule has 0 aliphatic rings. The number of carbonyl (C=O) groups excluding carboxylic acids is 4. The summed E-state index contributed by atoms with van der Waals surface area (Å²) in [6.45, 7) is -5.15. The molecule has 23 heavy (non-hydrogen) atoms. The molecule has 0 saturated carbocycles. The number of aliphatic carboxylic acids is 1. The maximum absolute atomic E-state index is 11.5. The molecule has 0 aromatic rings. The van der Waals surface area contributed by atoms with Crippen LogP contribution in [0.2, 0.25) is 0 Å². The molecule has 3 amide bonds. The summed E-state index contributed by atoms with van der Waals surface area (Å²) < 4.78 is 0. The molecule has 0 aliphatic heterocycles. The number of carboxylic acids is 1. The Morgan fingerprint density at radius 2 is 1.61 bits per heavy atom. The van der Waals surface area contributed by atoms with E-state index < -0.39 is 55.4 Å². The van der Waals surface area contributed by atoms with Gasteiger partial charge < -0.3 is 36.1 Å². The summed E-state index contributed by atoms with van der Waals surface area (Å²) in [5.41, 5.74) is 4.85. The van der Waals surface area contributed by atoms with Gasteiger partial charge in [0.1, 0.15) is 6.04 Å². The predicted octanol–water partition coefficient (Wildman–Crippen LogP) is -14.7. The van der Waals surface area contributed by atoms with Crippen LogP contribution in [0.5, 0.6) is 0 Å². The van der Waals surface area contributed by atoms with Crippen molar-refractivity contribution in [3.8, 4) is 0 Å². The van der Waals surface area contributed by atoms with Crippen molar-refractivity contribution in [1.29, 1.82) is 0 Å². The van der Waals surface area contributed by atoms with Crippen LogP contribution in [-0.4, -0.2) is 42.4 Å². The number of hydrogen-bond acceptors (Lipinski definition) is 8. The van der Waals surface area contributed by atoms with E-state index in [1.165, 1.54) is 0 Å². The molecule has 0 heterocycles. The maximum atomic E-state index is 11.5. The quantitative estimate of drug-likeness (QED) is 0.268. The van der Waals surface area contributed by atoms with Gasteiger partial charge in [0.25, 0.3) is 0 Å². The fourth-order valence-corrected chi connectivity index (χ4v) is 1.90. The molecule has 10 nitrogen and oxygen atoms in total. The van der Waals surface area contributed by atoms with Crippen LogP contribution >= 0.6 is 6.49 Å². The van der Waals surface area contributed by atoms with Crippen molar-refractivity contribution in [3.05, 3.63) is 0 Å². The number of rotatable bonds is 8. The van der Waals surface area contributed by atoms with E-state index in [1.54, 1.807) is 0 Å². The van der Waals surface area contributed by atoms with Crippen LogP contribution in [0.15, 0.2) is 0 Å². The molecule has 0 radical (unpaired) electrons. The van der Waals surface area contributed by atoms with Crippen LogP contribution in [-0.2, 0) is 31.0 Å². The second kappa shape index (κ2) is 15.7. The minimum absolute atomic E-state index is 0. The number of nitrogens with two attached hydrogens (primary N) is 1. The Morgan fingerprint density at radius 1 is 1.13 bits per heavy atom. The van der Waals surface area contributed by atoms with Crippen LogP contribution in [0.25, 0.3) is 0 Å². The Kier molecular flexibility index (Phi) is 21.9. The van der Waals surface area contributed by atoms with Gasteiger partial charge >= 0.3 is 88.7 Å². The minimum Gasteiger partial charge on any atom is -0.832 e. The number of amides is 3. The van der Waals surface area contributed by atoms with E-state index in [0.29, 0.717) is 0 Å². The van der Waals surface area contributed by atoms with Gasteiger partial charge in [-0.3, -0.25) is 14.4 Å². The average Bonchev–Trinajstić information content (AvgIpc) is 2.21. The molecular weight excluding hydrogens is 382 g/mol. The molecule has 1 unspecified atom stereocenters. The van der Waals surface area contributed by atoms with E-state index in [-0.39, 0.29) is 88.7 Å². The number of nitrogens with one attached hydrogen (secondary N) is 2. The van der Waals surface area contributed by atoms with E-state index in [2.05, 4.69) is 11.8 Å². The van der Waals surface area contributed by atoms with Crippen LogP contribution < -0.4 is 120 Å². The Labute approximate surface area is 203 Å². The largest absolute Gasteiger partial charge is 1.00 e. The first-order chi connectivity index (χ1) is 9.01. The molecule has 0 aromatic heterocycles. The average molecular weight is 393 g/mol. The number of primary amides is 1. The van der Waals surface area contributed by atoms with Crippen molar-refractivity contribution in [2.24, 2.45) is 5.73 Å². The summed E-state index contributed by atoms with van der Waals surface area (Å²) in [4.78, 5) is 65.1. The summed E-state index contributed by atoms with van der Waals surface area (Å²) in [5, 5.41) is 13.9. The molecule has 0 rings (SSSR count). The Hall–Kier alpha value is 1.45. The van der Waals surface area contributed by atoms with Gasteiger partial charge in [-0.05, 0) is 0 Å². The second-order valence-electron chi connectivity index (χ2n) is 3.65. The van der Waals surface area contributed by atoms with Gasteiger partial charge in [-0.15, -0.1) is 11.8 Å². The molecule has 0 saturated heterocycles. The van der Waals surface area contributed by atoms with E-state index in [9.17, 15) is 34.1 Å². The number of carboxylic acid groups (broad SMARTS) is 1. The summed E-state index contributed by atoms with van der Waals surface area (Å²) in [6, 6.07) is -1.50. The van der Waals surface area contributed by atoms with Crippen LogP contribution in [0.3, 0.4) is 0 Å². The minimum atomic E-state index is -4.30. The molecule has 0 aliphatic carbocycles. The molecule has 0 spiro atoms. The molecular formula is C8H11N3Na3O7PS. The van der Waals surface area contributed by atoms with E-state index in [0.717, 1.165) is 0 Å². The second-order valence-corrected chi connectivity index (χ2v) is 6.86. The number of carbonyl (C=O) groups is 4.